The summed E-state index contributed by atoms with van der Waals surface area (Å²) in [6, 6.07) is 6.51. The first-order valence-corrected chi connectivity index (χ1v) is 9.55. The first-order chi connectivity index (χ1) is 13.8. The summed E-state index contributed by atoms with van der Waals surface area (Å²) in [7, 11) is 0. The molecule has 2 aliphatic rings. The molecule has 0 spiro atoms. The minimum atomic E-state index is -1.26. The molecule has 0 aromatic heterocycles. The van der Waals surface area contributed by atoms with Gasteiger partial charge in [0, 0.05) is 13.2 Å². The molecule has 3 rings (SSSR count). The van der Waals surface area contributed by atoms with E-state index < -0.39 is 42.5 Å². The number of hydrogen-bond acceptors (Lipinski definition) is 6. The molecule has 156 valence electrons. The zero-order valence-electron chi connectivity index (χ0n) is 16.5. The maximum atomic E-state index is 12.8. The van der Waals surface area contributed by atoms with Crippen molar-refractivity contribution in [3.63, 3.8) is 0 Å². The van der Waals surface area contributed by atoms with Crippen LogP contribution in [-0.4, -0.2) is 61.1 Å². The van der Waals surface area contributed by atoms with E-state index in [1.165, 1.54) is 0 Å². The largest absolute Gasteiger partial charge is 0.454 e. The number of benzene rings is 1. The second kappa shape index (κ2) is 8.60. The Hall–Kier alpha value is -2.94. The Bertz CT molecular complexity index is 803. The third-order valence-electron chi connectivity index (χ3n) is 5.11. The highest BCUT2D eigenvalue weighted by molar-refractivity contribution is 6.08. The monoisotopic (exact) mass is 403 g/mol. The van der Waals surface area contributed by atoms with Gasteiger partial charge in [-0.25, -0.2) is 4.79 Å². The van der Waals surface area contributed by atoms with E-state index in [2.05, 4.69) is 10.6 Å². The molecule has 0 saturated carbocycles. The first kappa shape index (κ1) is 20.8. The van der Waals surface area contributed by atoms with E-state index in [4.69, 9.17) is 9.47 Å². The molecule has 4 amide bonds. The summed E-state index contributed by atoms with van der Waals surface area (Å²) >= 11 is 0. The topological polar surface area (TPSA) is 114 Å². The van der Waals surface area contributed by atoms with Crippen LogP contribution in [-0.2, 0) is 29.4 Å². The van der Waals surface area contributed by atoms with Crippen molar-refractivity contribution in [2.24, 2.45) is 0 Å². The van der Waals surface area contributed by atoms with Crippen LogP contribution in [0.1, 0.15) is 30.9 Å². The molecule has 2 heterocycles. The molecule has 0 unspecified atom stereocenters. The lowest BCUT2D eigenvalue weighted by atomic mass is 9.91. The average Bonchev–Trinajstić information content (AvgIpc) is 3.28. The maximum absolute atomic E-state index is 12.8. The number of esters is 1. The fourth-order valence-corrected chi connectivity index (χ4v) is 3.33. The molecule has 2 saturated heterocycles. The van der Waals surface area contributed by atoms with Gasteiger partial charge in [-0.15, -0.1) is 0 Å². The number of aryl methyl sites for hydroxylation is 1. The normalized spacial score (nSPS) is 23.8. The molecule has 2 N–H and O–H groups in total. The number of amides is 4. The highest BCUT2D eigenvalue weighted by atomic mass is 16.5. The molecule has 1 aromatic rings. The molecule has 0 bridgehead atoms. The van der Waals surface area contributed by atoms with E-state index in [1.807, 2.05) is 19.1 Å². The van der Waals surface area contributed by atoms with Crippen LogP contribution >= 0.6 is 0 Å². The van der Waals surface area contributed by atoms with Crippen LogP contribution in [0.15, 0.2) is 24.3 Å². The minimum Gasteiger partial charge on any atom is -0.454 e. The third-order valence-corrected chi connectivity index (χ3v) is 5.11. The fourth-order valence-electron chi connectivity index (χ4n) is 3.33. The highest BCUT2D eigenvalue weighted by Crippen LogP contribution is 2.28. The first-order valence-electron chi connectivity index (χ1n) is 9.55. The quantitative estimate of drug-likeness (QED) is 0.509. The van der Waals surface area contributed by atoms with Crippen LogP contribution in [0.5, 0.6) is 0 Å². The van der Waals surface area contributed by atoms with E-state index in [1.54, 1.807) is 19.1 Å². The van der Waals surface area contributed by atoms with E-state index >= 15 is 0 Å². The number of ether oxygens (including phenoxy) is 2. The van der Waals surface area contributed by atoms with Crippen LogP contribution in [0, 0.1) is 6.92 Å². The zero-order chi connectivity index (χ0) is 21.0. The van der Waals surface area contributed by atoms with E-state index in [9.17, 15) is 19.2 Å². The van der Waals surface area contributed by atoms with Crippen molar-refractivity contribution in [2.45, 2.75) is 38.3 Å². The molecule has 9 nitrogen and oxygen atoms in total. The van der Waals surface area contributed by atoms with E-state index in [-0.39, 0.29) is 6.10 Å². The van der Waals surface area contributed by atoms with Crippen molar-refractivity contribution in [3.05, 3.63) is 35.4 Å². The Morgan fingerprint density at radius 3 is 2.69 bits per heavy atom. The third kappa shape index (κ3) is 4.73. The van der Waals surface area contributed by atoms with Gasteiger partial charge in [0.15, 0.2) is 6.61 Å². The van der Waals surface area contributed by atoms with Gasteiger partial charge in [0.25, 0.3) is 11.8 Å². The molecular weight excluding hydrogens is 378 g/mol. The van der Waals surface area contributed by atoms with Gasteiger partial charge in [-0.2, -0.15) is 0 Å². The average molecular weight is 403 g/mol. The zero-order valence-corrected chi connectivity index (χ0v) is 16.5. The predicted octanol–water partition coefficient (Wildman–Crippen LogP) is 0.600. The number of rotatable bonds is 7. The summed E-state index contributed by atoms with van der Waals surface area (Å²) in [5.74, 6) is -1.85. The lowest BCUT2D eigenvalue weighted by molar-refractivity contribution is -0.151. The lowest BCUT2D eigenvalue weighted by Gasteiger charge is -2.22. The van der Waals surface area contributed by atoms with Crippen molar-refractivity contribution in [1.82, 2.24) is 15.5 Å². The van der Waals surface area contributed by atoms with Gasteiger partial charge in [-0.05, 0) is 32.3 Å². The van der Waals surface area contributed by atoms with Crippen LogP contribution in [0.2, 0.25) is 0 Å². The van der Waals surface area contributed by atoms with Gasteiger partial charge in [-0.3, -0.25) is 19.3 Å². The maximum Gasteiger partial charge on any atom is 0.326 e. The van der Waals surface area contributed by atoms with Crippen molar-refractivity contribution in [3.8, 4) is 0 Å². The number of carbonyl (C=O) groups excluding carboxylic acids is 4. The van der Waals surface area contributed by atoms with Crippen LogP contribution < -0.4 is 10.6 Å². The minimum absolute atomic E-state index is 0.0139. The molecule has 2 aliphatic heterocycles. The fraction of sp³-hybridized carbons (Fsp3) is 0.500. The smallest absolute Gasteiger partial charge is 0.326 e. The summed E-state index contributed by atoms with van der Waals surface area (Å²) in [6.45, 7) is 3.50. The number of carbonyl (C=O) groups is 4. The van der Waals surface area contributed by atoms with Gasteiger partial charge in [-0.1, -0.05) is 29.8 Å². The second-order valence-corrected chi connectivity index (χ2v) is 7.41. The highest BCUT2D eigenvalue weighted by Gasteiger charge is 2.49. The number of hydrogen-bond donors (Lipinski definition) is 2. The molecule has 0 radical (unpaired) electrons. The Morgan fingerprint density at radius 1 is 1.31 bits per heavy atom. The van der Waals surface area contributed by atoms with E-state index in [0.29, 0.717) is 18.7 Å². The van der Waals surface area contributed by atoms with Crippen molar-refractivity contribution in [1.29, 1.82) is 0 Å². The second-order valence-electron chi connectivity index (χ2n) is 7.41. The number of nitrogens with zero attached hydrogens (tertiary/aromatic N) is 1. The molecule has 0 aliphatic carbocycles. The summed E-state index contributed by atoms with van der Waals surface area (Å²) in [5, 5.41) is 5.25. The molecule has 9 heteroatoms. The summed E-state index contributed by atoms with van der Waals surface area (Å²) in [4.78, 5) is 49.7. The van der Waals surface area contributed by atoms with Gasteiger partial charge in [0.1, 0.15) is 12.1 Å². The van der Waals surface area contributed by atoms with Gasteiger partial charge in [0.2, 0.25) is 0 Å². The van der Waals surface area contributed by atoms with Gasteiger partial charge < -0.3 is 20.1 Å². The van der Waals surface area contributed by atoms with Crippen molar-refractivity contribution >= 4 is 23.8 Å². The summed E-state index contributed by atoms with van der Waals surface area (Å²) in [5.41, 5.74) is 0.377. The number of nitrogens with one attached hydrogen (secondary N) is 2. The molecule has 1 aromatic carbocycles. The predicted molar refractivity (Wildman–Crippen MR) is 102 cm³/mol. The Kier molecular flexibility index (Phi) is 6.17. The number of imide groups is 1. The standard InChI is InChI=1S/C20H25N3O6/c1-13-5-7-14(8-6-13)20(2)18(26)23(19(27)22-20)11-17(25)29-12-16(24)21-10-15-4-3-9-28-15/h5-8,15H,3-4,9-12H2,1-2H3,(H,21,24)(H,22,27)/t15-,20-/m1/s1. The summed E-state index contributed by atoms with van der Waals surface area (Å²) in [6.07, 6.45) is 1.83. The SMILES string of the molecule is Cc1ccc([C@@]2(C)NC(=O)N(CC(=O)OCC(=O)NC[C@H]3CCCO3)C2=O)cc1. The number of urea groups is 1. The van der Waals surface area contributed by atoms with Gasteiger partial charge in [0.05, 0.1) is 6.10 Å². The Morgan fingerprint density at radius 2 is 2.03 bits per heavy atom. The van der Waals surface area contributed by atoms with Crippen LogP contribution in [0.4, 0.5) is 4.79 Å². The summed E-state index contributed by atoms with van der Waals surface area (Å²) < 4.78 is 10.3. The van der Waals surface area contributed by atoms with Crippen molar-refractivity contribution in [2.75, 3.05) is 26.3 Å². The van der Waals surface area contributed by atoms with Gasteiger partial charge >= 0.3 is 12.0 Å². The van der Waals surface area contributed by atoms with Crippen LogP contribution in [0.3, 0.4) is 0 Å². The Balaban J connectivity index is 1.50. The molecular formula is C20H25N3O6. The molecule has 29 heavy (non-hydrogen) atoms. The lowest BCUT2D eigenvalue weighted by Crippen LogP contribution is -2.42. The Labute approximate surface area is 168 Å². The molecule has 2 atom stereocenters. The van der Waals surface area contributed by atoms with E-state index in [0.717, 1.165) is 23.3 Å². The molecule has 2 fully saturated rings. The van der Waals surface area contributed by atoms with Crippen molar-refractivity contribution < 1.29 is 28.7 Å². The van der Waals surface area contributed by atoms with Crippen LogP contribution in [0.25, 0.3) is 0 Å².